The number of Topliss-reactive ketones (excluding diaryl/α,β-unsaturated/α-hetero) is 1. The lowest BCUT2D eigenvalue weighted by Gasteiger charge is -2.54. The maximum atomic E-state index is 11.0. The summed E-state index contributed by atoms with van der Waals surface area (Å²) in [6.07, 6.45) is 7.24. The van der Waals surface area contributed by atoms with Crippen molar-refractivity contribution in [1.82, 2.24) is 5.32 Å². The van der Waals surface area contributed by atoms with Gasteiger partial charge < -0.3 is 5.32 Å². The van der Waals surface area contributed by atoms with E-state index in [4.69, 9.17) is 0 Å². The lowest BCUT2D eigenvalue weighted by molar-refractivity contribution is -0.116. The number of carbonyl (C=O) groups is 1. The summed E-state index contributed by atoms with van der Waals surface area (Å²) in [6, 6.07) is 0.668. The molecule has 0 aromatic rings. The Morgan fingerprint density at radius 3 is 2.07 bits per heavy atom. The molecule has 4 saturated carbocycles. The molecule has 4 aliphatic rings. The summed E-state index contributed by atoms with van der Waals surface area (Å²) in [5, 5.41) is 3.51. The van der Waals surface area contributed by atoms with E-state index in [2.05, 4.69) is 5.32 Å². The molecule has 0 radical (unpaired) electrons. The van der Waals surface area contributed by atoms with Gasteiger partial charge in [0.25, 0.3) is 0 Å². The van der Waals surface area contributed by atoms with Crippen molar-refractivity contribution in [3.63, 3.8) is 0 Å². The van der Waals surface area contributed by atoms with Crippen molar-refractivity contribution in [2.45, 2.75) is 45.1 Å². The van der Waals surface area contributed by atoms with Crippen LogP contribution in [0.2, 0.25) is 0 Å². The van der Waals surface area contributed by atoms with Crippen LogP contribution in [0.1, 0.15) is 39.0 Å². The zero-order valence-corrected chi connectivity index (χ0v) is 9.54. The van der Waals surface area contributed by atoms with Crippen molar-refractivity contribution in [3.8, 4) is 0 Å². The van der Waals surface area contributed by atoms with Gasteiger partial charge in [-0.2, -0.15) is 0 Å². The number of hydrogen-bond donors (Lipinski definition) is 1. The Balaban J connectivity index is 1.67. The first kappa shape index (κ1) is 9.83. The Kier molecular flexibility index (Phi) is 2.35. The molecule has 0 amide bonds. The summed E-state index contributed by atoms with van der Waals surface area (Å²) in [5.74, 6) is 4.12. The summed E-state index contributed by atoms with van der Waals surface area (Å²) in [6.45, 7) is 2.27. The first-order valence-electron chi connectivity index (χ1n) is 6.45. The summed E-state index contributed by atoms with van der Waals surface area (Å²) in [4.78, 5) is 11.0. The van der Waals surface area contributed by atoms with Gasteiger partial charge in [0.1, 0.15) is 5.78 Å². The topological polar surface area (TPSA) is 29.1 Å². The van der Waals surface area contributed by atoms with Crippen molar-refractivity contribution >= 4 is 5.78 Å². The smallest absolute Gasteiger partial charge is 0.143 e. The van der Waals surface area contributed by atoms with Crippen LogP contribution in [0.25, 0.3) is 0 Å². The van der Waals surface area contributed by atoms with Crippen LogP contribution in [0.3, 0.4) is 0 Å². The first-order valence-corrected chi connectivity index (χ1v) is 6.45. The van der Waals surface area contributed by atoms with Gasteiger partial charge in [-0.05, 0) is 62.7 Å². The summed E-state index contributed by atoms with van der Waals surface area (Å²) < 4.78 is 0. The lowest BCUT2D eigenvalue weighted by Crippen LogP contribution is -2.55. The van der Waals surface area contributed by atoms with Crippen LogP contribution in [-0.4, -0.2) is 18.4 Å². The standard InChI is InChI=1S/C13H21NO/c1-8(15)7-14-13-11-3-9-2-10(5-11)6-12(13)4-9/h9-14H,2-7H2,1H3. The molecule has 4 aliphatic carbocycles. The molecule has 0 heterocycles. The Hall–Kier alpha value is -0.370. The molecule has 0 aliphatic heterocycles. The van der Waals surface area contributed by atoms with Crippen molar-refractivity contribution in [3.05, 3.63) is 0 Å². The van der Waals surface area contributed by atoms with Gasteiger partial charge in [0.05, 0.1) is 6.54 Å². The first-order chi connectivity index (χ1) is 7.22. The van der Waals surface area contributed by atoms with Crippen molar-refractivity contribution in [2.24, 2.45) is 23.7 Å². The van der Waals surface area contributed by atoms with Gasteiger partial charge >= 0.3 is 0 Å². The molecular formula is C13H21NO. The molecule has 4 bridgehead atoms. The van der Waals surface area contributed by atoms with Gasteiger partial charge in [-0.15, -0.1) is 0 Å². The van der Waals surface area contributed by atoms with E-state index in [0.717, 1.165) is 23.7 Å². The van der Waals surface area contributed by atoms with E-state index in [1.54, 1.807) is 6.92 Å². The van der Waals surface area contributed by atoms with Crippen molar-refractivity contribution in [2.75, 3.05) is 6.54 Å². The van der Waals surface area contributed by atoms with E-state index < -0.39 is 0 Å². The third-order valence-electron chi connectivity index (χ3n) is 4.81. The van der Waals surface area contributed by atoms with Crippen molar-refractivity contribution < 1.29 is 4.79 Å². The minimum absolute atomic E-state index is 0.281. The number of ketones is 1. The average Bonchev–Trinajstić information content (AvgIpc) is 2.14. The number of rotatable bonds is 3. The Morgan fingerprint density at radius 2 is 1.60 bits per heavy atom. The molecule has 0 aromatic heterocycles. The van der Waals surface area contributed by atoms with Crippen LogP contribution in [0.4, 0.5) is 0 Å². The molecular weight excluding hydrogens is 186 g/mol. The molecule has 0 unspecified atom stereocenters. The van der Waals surface area contributed by atoms with E-state index in [-0.39, 0.29) is 5.78 Å². The van der Waals surface area contributed by atoms with Gasteiger partial charge in [-0.3, -0.25) is 4.79 Å². The van der Waals surface area contributed by atoms with Crippen molar-refractivity contribution in [1.29, 1.82) is 0 Å². The monoisotopic (exact) mass is 207 g/mol. The molecule has 2 heteroatoms. The van der Waals surface area contributed by atoms with Crippen LogP contribution in [0.15, 0.2) is 0 Å². The molecule has 0 atom stereocenters. The highest BCUT2D eigenvalue weighted by molar-refractivity contribution is 5.77. The Morgan fingerprint density at radius 1 is 1.07 bits per heavy atom. The third kappa shape index (κ3) is 1.73. The average molecular weight is 207 g/mol. The molecule has 15 heavy (non-hydrogen) atoms. The van der Waals surface area contributed by atoms with E-state index in [1.165, 1.54) is 32.1 Å². The summed E-state index contributed by atoms with van der Waals surface area (Å²) in [5.41, 5.74) is 0. The van der Waals surface area contributed by atoms with Crippen LogP contribution in [0.5, 0.6) is 0 Å². The maximum Gasteiger partial charge on any atom is 0.143 e. The Labute approximate surface area is 91.8 Å². The fourth-order valence-corrected chi connectivity index (χ4v) is 4.52. The minimum atomic E-state index is 0.281. The molecule has 4 fully saturated rings. The molecule has 2 nitrogen and oxygen atoms in total. The lowest BCUT2D eigenvalue weighted by atomic mass is 9.54. The molecule has 0 saturated heterocycles. The number of carbonyl (C=O) groups excluding carboxylic acids is 1. The summed E-state index contributed by atoms with van der Waals surface area (Å²) in [7, 11) is 0. The van der Waals surface area contributed by atoms with Gasteiger partial charge in [-0.1, -0.05) is 0 Å². The minimum Gasteiger partial charge on any atom is -0.307 e. The third-order valence-corrected chi connectivity index (χ3v) is 4.81. The second-order valence-corrected chi connectivity index (χ2v) is 6.04. The zero-order valence-electron chi connectivity index (χ0n) is 9.54. The molecule has 0 aromatic carbocycles. The fraction of sp³-hybridized carbons (Fsp3) is 0.923. The Bertz CT molecular complexity index is 246. The maximum absolute atomic E-state index is 11.0. The van der Waals surface area contributed by atoms with Crippen LogP contribution < -0.4 is 5.32 Å². The zero-order chi connectivity index (χ0) is 10.4. The summed E-state index contributed by atoms with van der Waals surface area (Å²) >= 11 is 0. The van der Waals surface area contributed by atoms with E-state index >= 15 is 0 Å². The van der Waals surface area contributed by atoms with Gasteiger partial charge in [-0.25, -0.2) is 0 Å². The quantitative estimate of drug-likeness (QED) is 0.767. The largest absolute Gasteiger partial charge is 0.307 e. The predicted octanol–water partition coefficient (Wildman–Crippen LogP) is 1.99. The molecule has 4 rings (SSSR count). The highest BCUT2D eigenvalue weighted by Gasteiger charge is 2.47. The fourth-order valence-electron chi connectivity index (χ4n) is 4.52. The van der Waals surface area contributed by atoms with Crippen LogP contribution in [0, 0.1) is 23.7 Å². The SMILES string of the molecule is CC(=O)CNC1C2CC3CC(C2)CC1C3. The second kappa shape index (κ2) is 3.58. The molecule has 1 N–H and O–H groups in total. The highest BCUT2D eigenvalue weighted by Crippen LogP contribution is 2.53. The predicted molar refractivity (Wildman–Crippen MR) is 59.5 cm³/mol. The molecule has 0 spiro atoms. The van der Waals surface area contributed by atoms with E-state index in [0.29, 0.717) is 12.6 Å². The second-order valence-electron chi connectivity index (χ2n) is 6.04. The van der Waals surface area contributed by atoms with E-state index in [1.807, 2.05) is 0 Å². The number of hydrogen-bond acceptors (Lipinski definition) is 2. The highest BCUT2D eigenvalue weighted by atomic mass is 16.1. The molecule has 84 valence electrons. The normalized spacial score (nSPS) is 47.1. The van der Waals surface area contributed by atoms with E-state index in [9.17, 15) is 4.79 Å². The van der Waals surface area contributed by atoms with Gasteiger partial charge in [0.2, 0.25) is 0 Å². The van der Waals surface area contributed by atoms with Gasteiger partial charge in [0.15, 0.2) is 0 Å². The number of nitrogens with one attached hydrogen (secondary N) is 1. The van der Waals surface area contributed by atoms with Crippen LogP contribution >= 0.6 is 0 Å². The van der Waals surface area contributed by atoms with Crippen LogP contribution in [-0.2, 0) is 4.79 Å². The van der Waals surface area contributed by atoms with Gasteiger partial charge in [0, 0.05) is 6.04 Å².